The molecular weight excluding hydrogens is 338 g/mol. The Balaban J connectivity index is 1.89. The van der Waals surface area contributed by atoms with Crippen molar-refractivity contribution < 1.29 is 9.59 Å². The van der Waals surface area contributed by atoms with Crippen molar-refractivity contribution in [1.82, 2.24) is 15.1 Å². The van der Waals surface area contributed by atoms with Crippen LogP contribution in [0.5, 0.6) is 0 Å². The van der Waals surface area contributed by atoms with Crippen LogP contribution in [0, 0.1) is 0 Å². The Bertz CT molecular complexity index is 759. The lowest BCUT2D eigenvalue weighted by Gasteiger charge is -2.31. The highest BCUT2D eigenvalue weighted by atomic mass is 16.2. The number of unbranched alkanes of at least 4 members (excludes halogenated alkanes) is 2. The maximum atomic E-state index is 13.1. The van der Waals surface area contributed by atoms with Crippen LogP contribution in [0.25, 0.3) is 0 Å². The minimum Gasteiger partial charge on any atom is -0.333 e. The summed E-state index contributed by atoms with van der Waals surface area (Å²) in [6, 6.07) is 7.74. The number of nitrogens with one attached hydrogen (secondary N) is 1. The molecule has 2 aliphatic rings. The van der Waals surface area contributed by atoms with Crippen LogP contribution in [-0.2, 0) is 10.2 Å². The second-order valence-electron chi connectivity index (χ2n) is 8.61. The molecule has 0 spiro atoms. The van der Waals surface area contributed by atoms with E-state index in [9.17, 15) is 9.59 Å². The van der Waals surface area contributed by atoms with E-state index in [0.717, 1.165) is 42.6 Å². The van der Waals surface area contributed by atoms with Crippen LogP contribution >= 0.6 is 0 Å². The fraction of sp³-hybridized carbons (Fsp3) is 0.545. The van der Waals surface area contributed by atoms with Crippen molar-refractivity contribution >= 4 is 11.9 Å². The van der Waals surface area contributed by atoms with Gasteiger partial charge < -0.3 is 10.2 Å². The first-order chi connectivity index (χ1) is 12.7. The van der Waals surface area contributed by atoms with Gasteiger partial charge in [-0.2, -0.15) is 0 Å². The molecule has 27 heavy (non-hydrogen) atoms. The van der Waals surface area contributed by atoms with Crippen molar-refractivity contribution in [2.75, 3.05) is 20.1 Å². The SMILES string of the molecule is CCCCCN1CC2=C(C1=O)[C@@H](c1ccc(C(C)(C)C)cc1)NC(=O)N2C. The Labute approximate surface area is 162 Å². The number of hydrogen-bond donors (Lipinski definition) is 1. The van der Waals surface area contributed by atoms with E-state index in [4.69, 9.17) is 0 Å². The molecule has 0 unspecified atom stereocenters. The van der Waals surface area contributed by atoms with Crippen LogP contribution in [0.4, 0.5) is 4.79 Å². The summed E-state index contributed by atoms with van der Waals surface area (Å²) in [5.74, 6) is 0.0536. The number of carbonyl (C=O) groups excluding carboxylic acids is 2. The molecule has 1 atom stereocenters. The van der Waals surface area contributed by atoms with Crippen LogP contribution in [0.2, 0.25) is 0 Å². The van der Waals surface area contributed by atoms with Gasteiger partial charge in [-0.1, -0.05) is 64.8 Å². The van der Waals surface area contributed by atoms with Crippen LogP contribution in [0.1, 0.15) is 64.1 Å². The van der Waals surface area contributed by atoms with Crippen LogP contribution in [0.3, 0.4) is 0 Å². The predicted molar refractivity (Wildman–Crippen MR) is 107 cm³/mol. The molecule has 3 amide bonds. The number of rotatable bonds is 5. The Kier molecular flexibility index (Phi) is 5.31. The Morgan fingerprint density at radius 2 is 1.78 bits per heavy atom. The second kappa shape index (κ2) is 7.37. The van der Waals surface area contributed by atoms with Gasteiger partial charge in [0.25, 0.3) is 5.91 Å². The van der Waals surface area contributed by atoms with E-state index in [1.54, 1.807) is 11.9 Å². The average molecular weight is 370 g/mol. The van der Waals surface area contributed by atoms with Gasteiger partial charge in [0.2, 0.25) is 0 Å². The third kappa shape index (κ3) is 3.73. The zero-order valence-electron chi connectivity index (χ0n) is 17.1. The molecule has 3 rings (SSSR count). The van der Waals surface area contributed by atoms with Crippen LogP contribution < -0.4 is 5.32 Å². The van der Waals surface area contributed by atoms with Gasteiger partial charge >= 0.3 is 6.03 Å². The van der Waals surface area contributed by atoms with E-state index >= 15 is 0 Å². The van der Waals surface area contributed by atoms with E-state index in [-0.39, 0.29) is 23.4 Å². The van der Waals surface area contributed by atoms with E-state index in [1.807, 2.05) is 17.0 Å². The predicted octanol–water partition coefficient (Wildman–Crippen LogP) is 3.97. The lowest BCUT2D eigenvalue weighted by molar-refractivity contribution is -0.125. The zero-order valence-corrected chi connectivity index (χ0v) is 17.1. The molecule has 0 bridgehead atoms. The highest BCUT2D eigenvalue weighted by Gasteiger charge is 2.42. The summed E-state index contributed by atoms with van der Waals surface area (Å²) in [7, 11) is 1.74. The fourth-order valence-corrected chi connectivity index (χ4v) is 3.78. The van der Waals surface area contributed by atoms with Gasteiger partial charge in [-0.05, 0) is 23.0 Å². The van der Waals surface area contributed by atoms with E-state index < -0.39 is 0 Å². The minimum absolute atomic E-state index is 0.0536. The highest BCUT2D eigenvalue weighted by Crippen LogP contribution is 2.36. The van der Waals surface area contributed by atoms with Gasteiger partial charge in [-0.3, -0.25) is 9.69 Å². The lowest BCUT2D eigenvalue weighted by atomic mass is 9.85. The topological polar surface area (TPSA) is 52.7 Å². The largest absolute Gasteiger partial charge is 0.333 e. The van der Waals surface area contributed by atoms with Gasteiger partial charge in [0, 0.05) is 13.6 Å². The third-order valence-electron chi connectivity index (χ3n) is 5.58. The van der Waals surface area contributed by atoms with E-state index in [0.29, 0.717) is 6.54 Å². The summed E-state index contributed by atoms with van der Waals surface area (Å²) in [4.78, 5) is 29.0. The van der Waals surface area contributed by atoms with Crippen LogP contribution in [0.15, 0.2) is 35.5 Å². The van der Waals surface area contributed by atoms with Crippen molar-refractivity contribution in [1.29, 1.82) is 0 Å². The number of amides is 3. The van der Waals surface area contributed by atoms with Crippen molar-refractivity contribution in [2.24, 2.45) is 0 Å². The van der Waals surface area contributed by atoms with Gasteiger partial charge in [0.15, 0.2) is 0 Å². The quantitative estimate of drug-likeness (QED) is 0.799. The summed E-state index contributed by atoms with van der Waals surface area (Å²) < 4.78 is 0. The van der Waals surface area contributed by atoms with E-state index in [2.05, 4.69) is 45.1 Å². The van der Waals surface area contributed by atoms with Crippen molar-refractivity contribution in [3.05, 3.63) is 46.7 Å². The summed E-state index contributed by atoms with van der Waals surface area (Å²) in [6.45, 7) is 9.95. The molecule has 2 aliphatic heterocycles. The first-order valence-corrected chi connectivity index (χ1v) is 9.91. The molecule has 5 nitrogen and oxygen atoms in total. The first kappa shape index (κ1) is 19.5. The Morgan fingerprint density at radius 3 is 2.37 bits per heavy atom. The molecule has 0 aliphatic carbocycles. The van der Waals surface area contributed by atoms with Crippen molar-refractivity contribution in [2.45, 2.75) is 58.4 Å². The molecule has 146 valence electrons. The second-order valence-corrected chi connectivity index (χ2v) is 8.61. The maximum Gasteiger partial charge on any atom is 0.322 e. The minimum atomic E-state index is -0.374. The number of carbonyl (C=O) groups is 2. The summed E-state index contributed by atoms with van der Waals surface area (Å²) in [6.07, 6.45) is 3.23. The maximum absolute atomic E-state index is 13.1. The number of nitrogens with zero attached hydrogens (tertiary/aromatic N) is 2. The molecule has 1 aromatic rings. The molecule has 0 saturated heterocycles. The van der Waals surface area contributed by atoms with Gasteiger partial charge in [-0.15, -0.1) is 0 Å². The summed E-state index contributed by atoms with van der Waals surface area (Å²) >= 11 is 0. The molecule has 0 aromatic heterocycles. The number of benzene rings is 1. The van der Waals surface area contributed by atoms with Crippen molar-refractivity contribution in [3.63, 3.8) is 0 Å². The monoisotopic (exact) mass is 369 g/mol. The van der Waals surface area contributed by atoms with Gasteiger partial charge in [0.05, 0.1) is 23.9 Å². The smallest absolute Gasteiger partial charge is 0.322 e. The van der Waals surface area contributed by atoms with Gasteiger partial charge in [0.1, 0.15) is 0 Å². The normalized spacial score (nSPS) is 20.3. The van der Waals surface area contributed by atoms with Crippen molar-refractivity contribution in [3.8, 4) is 0 Å². The zero-order chi connectivity index (χ0) is 19.8. The molecule has 2 heterocycles. The molecule has 1 aromatic carbocycles. The fourth-order valence-electron chi connectivity index (χ4n) is 3.78. The number of urea groups is 1. The third-order valence-corrected chi connectivity index (χ3v) is 5.58. The van der Waals surface area contributed by atoms with Gasteiger partial charge in [-0.25, -0.2) is 4.79 Å². The molecule has 0 saturated carbocycles. The number of likely N-dealkylation sites (N-methyl/N-ethyl adjacent to an activating group) is 1. The van der Waals surface area contributed by atoms with E-state index in [1.165, 1.54) is 5.56 Å². The molecule has 0 radical (unpaired) electrons. The lowest BCUT2D eigenvalue weighted by Crippen LogP contribution is -2.45. The standard InChI is InChI=1S/C22H31N3O2/c1-6-7-8-13-25-14-17-18(20(25)26)19(23-21(27)24(17)5)15-9-11-16(12-10-15)22(2,3)4/h9-12,19H,6-8,13-14H2,1-5H3,(H,23,27)/t19-/m1/s1. The Hall–Kier alpha value is -2.30. The molecule has 5 heteroatoms. The molecule has 0 fully saturated rings. The number of hydrogen-bond acceptors (Lipinski definition) is 2. The first-order valence-electron chi connectivity index (χ1n) is 9.91. The Morgan fingerprint density at radius 1 is 1.11 bits per heavy atom. The molecular formula is C22H31N3O2. The summed E-state index contributed by atoms with van der Waals surface area (Å²) in [5, 5.41) is 3.01. The average Bonchev–Trinajstić information content (AvgIpc) is 2.95. The molecule has 1 N–H and O–H groups in total. The van der Waals surface area contributed by atoms with Crippen LogP contribution in [-0.4, -0.2) is 41.9 Å². The highest BCUT2D eigenvalue weighted by molar-refractivity contribution is 6.01. The summed E-state index contributed by atoms with van der Waals surface area (Å²) in [5.41, 5.74) is 3.82.